The summed E-state index contributed by atoms with van der Waals surface area (Å²) in [5.41, 5.74) is 0. The molecule has 18 heavy (non-hydrogen) atoms. The van der Waals surface area contributed by atoms with Crippen molar-refractivity contribution in [2.75, 3.05) is 24.6 Å². The highest BCUT2D eigenvalue weighted by atomic mass is 79.9. The maximum atomic E-state index is 5.77. The Morgan fingerprint density at radius 2 is 2.33 bits per heavy atom. The van der Waals surface area contributed by atoms with Crippen LogP contribution in [0.4, 0.5) is 5.82 Å². The largest absolute Gasteiger partial charge is 0.367 e. The molecule has 1 aliphatic rings. The quantitative estimate of drug-likeness (QED) is 0.851. The van der Waals surface area contributed by atoms with E-state index in [0.717, 1.165) is 28.4 Å². The molecule has 94 valence electrons. The molecule has 3 rings (SSSR count). The molecule has 0 radical (unpaired) electrons. The normalized spacial score (nSPS) is 20.1. The van der Waals surface area contributed by atoms with Crippen LogP contribution in [0.5, 0.6) is 0 Å². The van der Waals surface area contributed by atoms with Crippen LogP contribution in [-0.4, -0.2) is 29.7 Å². The number of rotatable bonds is 2. The number of ether oxygens (including phenoxy) is 1. The van der Waals surface area contributed by atoms with Gasteiger partial charge in [-0.05, 0) is 28.1 Å². The van der Waals surface area contributed by atoms with Crippen molar-refractivity contribution in [1.82, 2.24) is 9.97 Å². The maximum absolute atomic E-state index is 5.77. The Kier molecular flexibility index (Phi) is 3.58. The first-order valence-corrected chi connectivity index (χ1v) is 7.38. The second-order valence-electron chi connectivity index (χ2n) is 4.01. The molecule has 0 amide bonds. The minimum absolute atomic E-state index is 0.0594. The lowest BCUT2D eigenvalue weighted by molar-refractivity contribution is 0.0394. The van der Waals surface area contributed by atoms with Crippen molar-refractivity contribution in [3.63, 3.8) is 0 Å². The fraction of sp³-hybridized carbons (Fsp3) is 0.333. The van der Waals surface area contributed by atoms with E-state index in [-0.39, 0.29) is 6.10 Å². The molecule has 1 fully saturated rings. The van der Waals surface area contributed by atoms with Gasteiger partial charge in [0.05, 0.1) is 13.2 Å². The lowest BCUT2D eigenvalue weighted by atomic mass is 10.2. The van der Waals surface area contributed by atoms with E-state index in [1.807, 2.05) is 29.9 Å². The summed E-state index contributed by atoms with van der Waals surface area (Å²) < 4.78 is 6.76. The number of hydrogen-bond acceptors (Lipinski definition) is 5. The number of pyridine rings is 1. The zero-order valence-electron chi connectivity index (χ0n) is 9.62. The number of morpholine rings is 1. The number of nitrogens with zero attached hydrogens (tertiary/aromatic N) is 3. The minimum Gasteiger partial charge on any atom is -0.367 e. The van der Waals surface area contributed by atoms with E-state index in [1.54, 1.807) is 11.3 Å². The number of hydrogen-bond donors (Lipinski definition) is 0. The molecule has 0 spiro atoms. The summed E-state index contributed by atoms with van der Waals surface area (Å²) in [5, 5.41) is 3.02. The molecule has 0 aromatic carbocycles. The molecule has 1 unspecified atom stereocenters. The number of anilines is 1. The molecule has 0 N–H and O–H groups in total. The third-order valence-corrected chi connectivity index (χ3v) is 4.17. The highest BCUT2D eigenvalue weighted by Crippen LogP contribution is 2.26. The third-order valence-electron chi connectivity index (χ3n) is 2.83. The Morgan fingerprint density at radius 3 is 3.06 bits per heavy atom. The zero-order valence-corrected chi connectivity index (χ0v) is 12.0. The smallest absolute Gasteiger partial charge is 0.128 e. The van der Waals surface area contributed by atoms with E-state index in [4.69, 9.17) is 4.74 Å². The number of thiazole rings is 1. The summed E-state index contributed by atoms with van der Waals surface area (Å²) in [7, 11) is 0. The predicted molar refractivity (Wildman–Crippen MR) is 75.0 cm³/mol. The van der Waals surface area contributed by atoms with E-state index in [0.29, 0.717) is 6.61 Å². The summed E-state index contributed by atoms with van der Waals surface area (Å²) in [5.74, 6) is 0.989. The lowest BCUT2D eigenvalue weighted by Gasteiger charge is -2.32. The second-order valence-corrected chi connectivity index (χ2v) is 5.85. The van der Waals surface area contributed by atoms with Crippen molar-refractivity contribution < 1.29 is 4.74 Å². The molecule has 3 heterocycles. The van der Waals surface area contributed by atoms with Crippen LogP contribution in [0.2, 0.25) is 0 Å². The monoisotopic (exact) mass is 325 g/mol. The van der Waals surface area contributed by atoms with Gasteiger partial charge < -0.3 is 9.64 Å². The van der Waals surface area contributed by atoms with Gasteiger partial charge in [-0.3, -0.25) is 0 Å². The van der Waals surface area contributed by atoms with E-state index < -0.39 is 0 Å². The van der Waals surface area contributed by atoms with E-state index in [2.05, 4.69) is 30.8 Å². The highest BCUT2D eigenvalue weighted by Gasteiger charge is 2.24. The zero-order chi connectivity index (χ0) is 12.4. The summed E-state index contributed by atoms with van der Waals surface area (Å²) in [6.07, 6.45) is 3.70. The van der Waals surface area contributed by atoms with Crippen molar-refractivity contribution in [2.24, 2.45) is 0 Å². The van der Waals surface area contributed by atoms with Crippen LogP contribution in [-0.2, 0) is 4.74 Å². The van der Waals surface area contributed by atoms with Crippen molar-refractivity contribution >= 4 is 33.1 Å². The number of aromatic nitrogens is 2. The first-order chi connectivity index (χ1) is 8.83. The standard InChI is InChI=1S/C12H12BrN3OS/c13-9-1-2-11(15-7-9)16-4-5-17-10(8-16)12-14-3-6-18-12/h1-3,6-7,10H,4-5,8H2. The van der Waals surface area contributed by atoms with Crippen LogP contribution in [0.25, 0.3) is 0 Å². The molecule has 0 aliphatic carbocycles. The molecule has 6 heteroatoms. The van der Waals surface area contributed by atoms with Crippen LogP contribution >= 0.6 is 27.3 Å². The van der Waals surface area contributed by atoms with Crippen LogP contribution in [0, 0.1) is 0 Å². The van der Waals surface area contributed by atoms with Crippen LogP contribution in [0.15, 0.2) is 34.4 Å². The van der Waals surface area contributed by atoms with Gasteiger partial charge in [0.1, 0.15) is 16.9 Å². The van der Waals surface area contributed by atoms with E-state index >= 15 is 0 Å². The molecule has 1 atom stereocenters. The molecular weight excluding hydrogens is 314 g/mol. The van der Waals surface area contributed by atoms with Crippen molar-refractivity contribution in [3.8, 4) is 0 Å². The van der Waals surface area contributed by atoms with Crippen LogP contribution < -0.4 is 4.90 Å². The summed E-state index contributed by atoms with van der Waals surface area (Å²) >= 11 is 5.04. The summed E-state index contributed by atoms with van der Waals surface area (Å²) in [4.78, 5) is 11.0. The average molecular weight is 326 g/mol. The van der Waals surface area contributed by atoms with E-state index in [9.17, 15) is 0 Å². The van der Waals surface area contributed by atoms with Crippen LogP contribution in [0.3, 0.4) is 0 Å². The van der Waals surface area contributed by atoms with Gasteiger partial charge in [0.2, 0.25) is 0 Å². The topological polar surface area (TPSA) is 38.2 Å². The molecule has 2 aromatic heterocycles. The molecule has 1 aliphatic heterocycles. The van der Waals surface area contributed by atoms with Crippen molar-refractivity contribution in [3.05, 3.63) is 39.4 Å². The van der Waals surface area contributed by atoms with Crippen molar-refractivity contribution in [2.45, 2.75) is 6.10 Å². The maximum Gasteiger partial charge on any atom is 0.128 e. The number of halogens is 1. The van der Waals surface area contributed by atoms with Gasteiger partial charge in [0.25, 0.3) is 0 Å². The van der Waals surface area contributed by atoms with Gasteiger partial charge in [-0.1, -0.05) is 0 Å². The first kappa shape index (κ1) is 12.1. The lowest BCUT2D eigenvalue weighted by Crippen LogP contribution is -2.38. The summed E-state index contributed by atoms with van der Waals surface area (Å²) in [6, 6.07) is 4.03. The SMILES string of the molecule is Brc1ccc(N2CCOC(c3nccs3)C2)nc1. The predicted octanol–water partition coefficient (Wildman–Crippen LogP) is 2.88. The molecule has 2 aromatic rings. The molecule has 4 nitrogen and oxygen atoms in total. The fourth-order valence-electron chi connectivity index (χ4n) is 1.96. The van der Waals surface area contributed by atoms with Gasteiger partial charge in [-0.15, -0.1) is 11.3 Å². The van der Waals surface area contributed by atoms with Gasteiger partial charge in [0.15, 0.2) is 0 Å². The second kappa shape index (κ2) is 5.34. The van der Waals surface area contributed by atoms with E-state index in [1.165, 1.54) is 0 Å². The Morgan fingerprint density at radius 1 is 1.39 bits per heavy atom. The van der Waals surface area contributed by atoms with Crippen LogP contribution in [0.1, 0.15) is 11.1 Å². The van der Waals surface area contributed by atoms with Gasteiger partial charge in [0, 0.05) is 28.8 Å². The van der Waals surface area contributed by atoms with Gasteiger partial charge >= 0.3 is 0 Å². The Bertz CT molecular complexity index is 503. The Labute approximate surface area is 118 Å². The van der Waals surface area contributed by atoms with Gasteiger partial charge in [-0.25, -0.2) is 9.97 Å². The Balaban J connectivity index is 1.76. The first-order valence-electron chi connectivity index (χ1n) is 5.70. The molecular formula is C12H12BrN3OS. The van der Waals surface area contributed by atoms with Gasteiger partial charge in [-0.2, -0.15) is 0 Å². The Hall–Kier alpha value is -0.980. The molecule has 1 saturated heterocycles. The molecule has 0 saturated carbocycles. The van der Waals surface area contributed by atoms with Crippen molar-refractivity contribution in [1.29, 1.82) is 0 Å². The highest BCUT2D eigenvalue weighted by molar-refractivity contribution is 9.10. The summed E-state index contributed by atoms with van der Waals surface area (Å²) in [6.45, 7) is 2.39. The fourth-order valence-corrected chi connectivity index (χ4v) is 2.87. The average Bonchev–Trinajstić information content (AvgIpc) is 2.94. The minimum atomic E-state index is 0.0594. The molecule has 0 bridgehead atoms. The third kappa shape index (κ3) is 2.55.